The second-order valence-electron chi connectivity index (χ2n) is 7.27. The number of carbonyl (C=O) groups excluding carboxylic acids is 1. The van der Waals surface area contributed by atoms with Gasteiger partial charge in [0.1, 0.15) is 0 Å². The third kappa shape index (κ3) is 4.08. The Hall–Kier alpha value is -2.14. The van der Waals surface area contributed by atoms with Crippen LogP contribution >= 0.6 is 11.6 Å². The SMILES string of the molecule is Cc1[nH]c2ccccc2c1C(=O)CN1CCN(Cc2ccc(Cl)cc2)CC1. The van der Waals surface area contributed by atoms with Crippen molar-refractivity contribution in [1.82, 2.24) is 14.8 Å². The van der Waals surface area contributed by atoms with Crippen LogP contribution in [0.1, 0.15) is 21.6 Å². The van der Waals surface area contributed by atoms with Crippen molar-refractivity contribution in [3.05, 3.63) is 70.4 Å². The summed E-state index contributed by atoms with van der Waals surface area (Å²) in [5, 5.41) is 1.80. The van der Waals surface area contributed by atoms with Gasteiger partial charge in [-0.05, 0) is 30.7 Å². The van der Waals surface area contributed by atoms with Crippen molar-refractivity contribution in [2.75, 3.05) is 32.7 Å². The second-order valence-corrected chi connectivity index (χ2v) is 7.71. The Kier molecular flexibility index (Phi) is 5.30. The van der Waals surface area contributed by atoms with Crippen LogP contribution in [-0.4, -0.2) is 53.3 Å². The maximum Gasteiger partial charge on any atom is 0.179 e. The lowest BCUT2D eigenvalue weighted by molar-refractivity contribution is 0.0845. The minimum atomic E-state index is 0.205. The average Bonchev–Trinajstić information content (AvgIpc) is 3.01. The van der Waals surface area contributed by atoms with E-state index in [2.05, 4.69) is 26.9 Å². The highest BCUT2D eigenvalue weighted by Crippen LogP contribution is 2.23. The molecule has 5 heteroatoms. The van der Waals surface area contributed by atoms with Crippen molar-refractivity contribution in [3.8, 4) is 0 Å². The predicted octanol–water partition coefficient (Wildman–Crippen LogP) is 4.13. The number of fused-ring (bicyclic) bond motifs is 1. The quantitative estimate of drug-likeness (QED) is 0.675. The van der Waals surface area contributed by atoms with Crippen molar-refractivity contribution >= 4 is 28.3 Å². The van der Waals surface area contributed by atoms with Crippen LogP contribution in [0.2, 0.25) is 5.02 Å². The van der Waals surface area contributed by atoms with Crippen LogP contribution < -0.4 is 0 Å². The summed E-state index contributed by atoms with van der Waals surface area (Å²) in [5.74, 6) is 0.205. The van der Waals surface area contributed by atoms with Gasteiger partial charge in [0.05, 0.1) is 6.54 Å². The standard InChI is InChI=1S/C22H24ClN3O/c1-16-22(19-4-2-3-5-20(19)24-16)21(27)15-26-12-10-25(11-13-26)14-17-6-8-18(23)9-7-17/h2-9,24H,10-15H2,1H3. The van der Waals surface area contributed by atoms with E-state index in [-0.39, 0.29) is 5.78 Å². The smallest absolute Gasteiger partial charge is 0.179 e. The summed E-state index contributed by atoms with van der Waals surface area (Å²) in [4.78, 5) is 20.9. The number of H-pyrrole nitrogens is 1. The molecule has 3 aromatic rings. The molecule has 1 aliphatic heterocycles. The highest BCUT2D eigenvalue weighted by Gasteiger charge is 2.22. The second kappa shape index (κ2) is 7.85. The predicted molar refractivity (Wildman–Crippen MR) is 111 cm³/mol. The van der Waals surface area contributed by atoms with Crippen LogP contribution in [0.3, 0.4) is 0 Å². The van der Waals surface area contributed by atoms with E-state index in [0.29, 0.717) is 6.54 Å². The number of hydrogen-bond donors (Lipinski definition) is 1. The van der Waals surface area contributed by atoms with Crippen LogP contribution in [0, 0.1) is 6.92 Å². The molecular formula is C22H24ClN3O. The van der Waals surface area contributed by atoms with Gasteiger partial charge in [-0.2, -0.15) is 0 Å². The third-order valence-corrected chi connectivity index (χ3v) is 5.58. The summed E-state index contributed by atoms with van der Waals surface area (Å²) in [6, 6.07) is 16.1. The number of nitrogens with one attached hydrogen (secondary N) is 1. The third-order valence-electron chi connectivity index (χ3n) is 5.32. The maximum absolute atomic E-state index is 12.9. The van der Waals surface area contributed by atoms with E-state index < -0.39 is 0 Å². The molecule has 0 aliphatic carbocycles. The molecule has 1 saturated heterocycles. The number of hydrogen-bond acceptors (Lipinski definition) is 3. The number of aryl methyl sites for hydroxylation is 1. The van der Waals surface area contributed by atoms with Gasteiger partial charge in [-0.1, -0.05) is 41.9 Å². The molecule has 1 N–H and O–H groups in total. The van der Waals surface area contributed by atoms with Gasteiger partial charge < -0.3 is 4.98 Å². The highest BCUT2D eigenvalue weighted by atomic mass is 35.5. The zero-order valence-electron chi connectivity index (χ0n) is 15.5. The lowest BCUT2D eigenvalue weighted by Crippen LogP contribution is -2.47. The molecule has 0 spiro atoms. The van der Waals surface area contributed by atoms with Gasteiger partial charge in [-0.15, -0.1) is 0 Å². The summed E-state index contributed by atoms with van der Waals surface area (Å²) < 4.78 is 0. The zero-order chi connectivity index (χ0) is 18.8. The molecule has 0 bridgehead atoms. The first kappa shape index (κ1) is 18.2. The molecule has 2 heterocycles. The molecule has 1 aromatic heterocycles. The molecule has 0 unspecified atom stereocenters. The molecule has 0 saturated carbocycles. The fourth-order valence-electron chi connectivity index (χ4n) is 3.87. The van der Waals surface area contributed by atoms with E-state index in [9.17, 15) is 4.79 Å². The molecule has 1 aliphatic rings. The molecule has 4 rings (SSSR count). The van der Waals surface area contributed by atoms with Crippen molar-refractivity contribution in [3.63, 3.8) is 0 Å². The summed E-state index contributed by atoms with van der Waals surface area (Å²) in [6.07, 6.45) is 0. The van der Waals surface area contributed by atoms with Crippen LogP contribution in [0.5, 0.6) is 0 Å². The largest absolute Gasteiger partial charge is 0.358 e. The fourth-order valence-corrected chi connectivity index (χ4v) is 4.00. The van der Waals surface area contributed by atoms with E-state index in [4.69, 9.17) is 11.6 Å². The number of para-hydroxylation sites is 1. The number of aromatic amines is 1. The summed E-state index contributed by atoms with van der Waals surface area (Å²) in [7, 11) is 0. The molecule has 0 amide bonds. The number of nitrogens with zero attached hydrogens (tertiary/aromatic N) is 2. The summed E-state index contributed by atoms with van der Waals surface area (Å²) in [5.41, 5.74) is 4.11. The summed E-state index contributed by atoms with van der Waals surface area (Å²) in [6.45, 7) is 7.18. The van der Waals surface area contributed by atoms with E-state index in [0.717, 1.165) is 59.9 Å². The number of halogens is 1. The Labute approximate surface area is 164 Å². The Bertz CT molecular complexity index is 940. The monoisotopic (exact) mass is 381 g/mol. The minimum Gasteiger partial charge on any atom is -0.358 e. The Morgan fingerprint density at radius 2 is 1.67 bits per heavy atom. The van der Waals surface area contributed by atoms with Gasteiger partial charge in [0.2, 0.25) is 0 Å². The first-order chi connectivity index (χ1) is 13.1. The normalized spacial score (nSPS) is 16.1. The maximum atomic E-state index is 12.9. The first-order valence-corrected chi connectivity index (χ1v) is 9.77. The summed E-state index contributed by atoms with van der Waals surface area (Å²) >= 11 is 5.96. The van der Waals surface area contributed by atoms with E-state index >= 15 is 0 Å². The van der Waals surface area contributed by atoms with Crippen molar-refractivity contribution in [1.29, 1.82) is 0 Å². The Morgan fingerprint density at radius 3 is 2.41 bits per heavy atom. The van der Waals surface area contributed by atoms with Gasteiger partial charge in [-0.25, -0.2) is 0 Å². The topological polar surface area (TPSA) is 39.3 Å². The number of benzene rings is 2. The van der Waals surface area contributed by atoms with Crippen molar-refractivity contribution < 1.29 is 4.79 Å². The Balaban J connectivity index is 1.35. The van der Waals surface area contributed by atoms with Gasteiger partial charge in [0, 0.05) is 59.9 Å². The minimum absolute atomic E-state index is 0.205. The van der Waals surface area contributed by atoms with E-state index in [1.807, 2.05) is 43.3 Å². The molecule has 0 atom stereocenters. The molecule has 27 heavy (non-hydrogen) atoms. The number of carbonyl (C=O) groups is 1. The zero-order valence-corrected chi connectivity index (χ0v) is 16.3. The average molecular weight is 382 g/mol. The van der Waals surface area contributed by atoms with E-state index in [1.54, 1.807) is 0 Å². The lowest BCUT2D eigenvalue weighted by atomic mass is 10.1. The van der Waals surface area contributed by atoms with Crippen LogP contribution in [0.15, 0.2) is 48.5 Å². The molecular weight excluding hydrogens is 358 g/mol. The van der Waals surface area contributed by atoms with Crippen LogP contribution in [0.25, 0.3) is 10.9 Å². The van der Waals surface area contributed by atoms with Gasteiger partial charge >= 0.3 is 0 Å². The first-order valence-electron chi connectivity index (χ1n) is 9.40. The van der Waals surface area contributed by atoms with Gasteiger partial charge in [0.15, 0.2) is 5.78 Å². The highest BCUT2D eigenvalue weighted by molar-refractivity contribution is 6.30. The van der Waals surface area contributed by atoms with Crippen LogP contribution in [-0.2, 0) is 6.54 Å². The molecule has 4 nitrogen and oxygen atoms in total. The Morgan fingerprint density at radius 1 is 1.00 bits per heavy atom. The van der Waals surface area contributed by atoms with Crippen molar-refractivity contribution in [2.45, 2.75) is 13.5 Å². The number of Topliss-reactive ketones (excluding diaryl/α,β-unsaturated/α-hetero) is 1. The molecule has 1 fully saturated rings. The van der Waals surface area contributed by atoms with Gasteiger partial charge in [-0.3, -0.25) is 14.6 Å². The number of aromatic nitrogens is 1. The van der Waals surface area contributed by atoms with Gasteiger partial charge in [0.25, 0.3) is 0 Å². The molecule has 2 aromatic carbocycles. The number of ketones is 1. The van der Waals surface area contributed by atoms with Crippen molar-refractivity contribution in [2.24, 2.45) is 0 Å². The number of piperazine rings is 1. The van der Waals surface area contributed by atoms with Crippen LogP contribution in [0.4, 0.5) is 0 Å². The lowest BCUT2D eigenvalue weighted by Gasteiger charge is -2.34. The fraction of sp³-hybridized carbons (Fsp3) is 0.318. The molecule has 0 radical (unpaired) electrons. The van der Waals surface area contributed by atoms with E-state index in [1.165, 1.54) is 5.56 Å². The number of rotatable bonds is 5. The molecule has 140 valence electrons.